The van der Waals surface area contributed by atoms with Crippen molar-refractivity contribution >= 4 is 28.3 Å². The maximum atomic E-state index is 11.0. The predicted octanol–water partition coefficient (Wildman–Crippen LogP) is 2.57. The zero-order valence-corrected chi connectivity index (χ0v) is 16.2. The van der Waals surface area contributed by atoms with Crippen LogP contribution in [0.4, 0.5) is 5.00 Å². The van der Waals surface area contributed by atoms with Crippen LogP contribution in [0.5, 0.6) is 0 Å². The van der Waals surface area contributed by atoms with Crippen molar-refractivity contribution in [3.8, 4) is 0 Å². The molecule has 1 aromatic rings. The van der Waals surface area contributed by atoms with E-state index in [9.17, 15) is 4.79 Å². The summed E-state index contributed by atoms with van der Waals surface area (Å²) >= 11 is 1.80. The Morgan fingerprint density at radius 3 is 2.64 bits per heavy atom. The average molecular weight is 367 g/mol. The molecule has 0 atom stereocenters. The molecule has 0 bridgehead atoms. The Bertz CT molecular complexity index is 525. The molecule has 1 aliphatic heterocycles. The standard InChI is InChI=1S/C18H30N4O2S/c1-19-18(20-10-6-4-3-5-9-17(23)24-2)22-13-11-21(12-14-22)16-8-7-15-25-16/h7-8,15H,3-6,9-14H2,1-2H3,(H,19,20). The first-order chi connectivity index (χ1) is 12.2. The molecule has 0 unspecified atom stereocenters. The fraction of sp³-hybridized carbons (Fsp3) is 0.667. The van der Waals surface area contributed by atoms with E-state index >= 15 is 0 Å². The number of esters is 1. The second-order valence-corrected chi connectivity index (χ2v) is 7.07. The van der Waals surface area contributed by atoms with Crippen molar-refractivity contribution in [1.82, 2.24) is 10.2 Å². The fourth-order valence-electron chi connectivity index (χ4n) is 2.97. The Hall–Kier alpha value is -1.76. The highest BCUT2D eigenvalue weighted by Crippen LogP contribution is 2.22. The first-order valence-corrected chi connectivity index (χ1v) is 9.93. The van der Waals surface area contributed by atoms with Gasteiger partial charge in [0.1, 0.15) is 0 Å². The predicted molar refractivity (Wildman–Crippen MR) is 105 cm³/mol. The lowest BCUT2D eigenvalue weighted by Crippen LogP contribution is -2.52. The molecular weight excluding hydrogens is 336 g/mol. The quantitative estimate of drug-likeness (QED) is 0.332. The molecule has 1 aromatic heterocycles. The molecule has 1 N–H and O–H groups in total. The molecule has 0 saturated carbocycles. The highest BCUT2D eigenvalue weighted by Gasteiger charge is 2.19. The molecule has 0 spiro atoms. The number of carbonyl (C=O) groups excluding carboxylic acids is 1. The van der Waals surface area contributed by atoms with Crippen molar-refractivity contribution in [1.29, 1.82) is 0 Å². The van der Waals surface area contributed by atoms with E-state index < -0.39 is 0 Å². The number of piperazine rings is 1. The van der Waals surface area contributed by atoms with E-state index in [-0.39, 0.29) is 5.97 Å². The molecule has 25 heavy (non-hydrogen) atoms. The molecule has 0 radical (unpaired) electrons. The number of ether oxygens (including phenoxy) is 1. The first-order valence-electron chi connectivity index (χ1n) is 9.05. The topological polar surface area (TPSA) is 57.2 Å². The lowest BCUT2D eigenvalue weighted by Gasteiger charge is -2.37. The van der Waals surface area contributed by atoms with Crippen LogP contribution in [0.1, 0.15) is 32.1 Å². The van der Waals surface area contributed by atoms with E-state index in [0.717, 1.165) is 64.4 Å². The summed E-state index contributed by atoms with van der Waals surface area (Å²) in [6.07, 6.45) is 4.71. The van der Waals surface area contributed by atoms with E-state index in [0.29, 0.717) is 6.42 Å². The molecule has 1 fully saturated rings. The van der Waals surface area contributed by atoms with Crippen LogP contribution in [0.2, 0.25) is 0 Å². The molecule has 2 heterocycles. The summed E-state index contributed by atoms with van der Waals surface area (Å²) in [6, 6.07) is 4.30. The van der Waals surface area contributed by atoms with Crippen LogP contribution < -0.4 is 10.2 Å². The van der Waals surface area contributed by atoms with Gasteiger partial charge in [0.05, 0.1) is 12.1 Å². The third-order valence-electron chi connectivity index (χ3n) is 4.43. The normalized spacial score (nSPS) is 15.4. The van der Waals surface area contributed by atoms with Gasteiger partial charge in [-0.15, -0.1) is 11.3 Å². The highest BCUT2D eigenvalue weighted by atomic mass is 32.1. The summed E-state index contributed by atoms with van der Waals surface area (Å²) in [6.45, 7) is 4.99. The van der Waals surface area contributed by atoms with Crippen molar-refractivity contribution < 1.29 is 9.53 Å². The molecule has 6 nitrogen and oxygen atoms in total. The van der Waals surface area contributed by atoms with Crippen LogP contribution in [0.15, 0.2) is 22.5 Å². The van der Waals surface area contributed by atoms with Crippen molar-refractivity contribution in [2.24, 2.45) is 4.99 Å². The van der Waals surface area contributed by atoms with Gasteiger partial charge in [0, 0.05) is 46.2 Å². The monoisotopic (exact) mass is 366 g/mol. The number of guanidine groups is 1. The third-order valence-corrected chi connectivity index (χ3v) is 5.36. The molecule has 1 saturated heterocycles. The van der Waals surface area contributed by atoms with E-state index in [1.807, 2.05) is 7.05 Å². The van der Waals surface area contributed by atoms with Gasteiger partial charge in [0.2, 0.25) is 0 Å². The largest absolute Gasteiger partial charge is 0.469 e. The number of unbranched alkanes of at least 4 members (excludes halogenated alkanes) is 3. The summed E-state index contributed by atoms with van der Waals surface area (Å²) in [7, 11) is 3.29. The fourth-order valence-corrected chi connectivity index (χ4v) is 3.76. The average Bonchev–Trinajstić information content (AvgIpc) is 3.19. The number of methoxy groups -OCH3 is 1. The van der Waals surface area contributed by atoms with Gasteiger partial charge in [-0.3, -0.25) is 9.79 Å². The molecule has 0 aliphatic carbocycles. The number of hydrogen-bond donors (Lipinski definition) is 1. The molecule has 0 aromatic carbocycles. The third kappa shape index (κ3) is 6.57. The molecular formula is C18H30N4O2S. The van der Waals surface area contributed by atoms with E-state index in [1.54, 1.807) is 11.3 Å². The molecule has 2 rings (SSSR count). The van der Waals surface area contributed by atoms with Gasteiger partial charge in [-0.2, -0.15) is 0 Å². The van der Waals surface area contributed by atoms with Gasteiger partial charge in [-0.05, 0) is 30.4 Å². The van der Waals surface area contributed by atoms with Gasteiger partial charge in [0.15, 0.2) is 5.96 Å². The number of aliphatic imine (C=N–C) groups is 1. The molecule has 1 aliphatic rings. The second-order valence-electron chi connectivity index (χ2n) is 6.14. The van der Waals surface area contributed by atoms with Crippen molar-refractivity contribution in [3.63, 3.8) is 0 Å². The van der Waals surface area contributed by atoms with Gasteiger partial charge < -0.3 is 19.9 Å². The number of rotatable bonds is 8. The summed E-state index contributed by atoms with van der Waals surface area (Å²) in [5, 5.41) is 6.96. The Balaban J connectivity index is 1.59. The minimum Gasteiger partial charge on any atom is -0.469 e. The number of nitrogens with zero attached hydrogens (tertiary/aromatic N) is 3. The van der Waals surface area contributed by atoms with E-state index in [1.165, 1.54) is 12.1 Å². The van der Waals surface area contributed by atoms with Gasteiger partial charge >= 0.3 is 5.97 Å². The van der Waals surface area contributed by atoms with Crippen LogP contribution in [-0.4, -0.2) is 63.7 Å². The summed E-state index contributed by atoms with van der Waals surface area (Å²) in [5.74, 6) is 0.889. The van der Waals surface area contributed by atoms with E-state index in [4.69, 9.17) is 0 Å². The second kappa shape index (κ2) is 11.0. The Morgan fingerprint density at radius 1 is 1.24 bits per heavy atom. The van der Waals surface area contributed by atoms with Crippen LogP contribution in [0, 0.1) is 0 Å². The minimum absolute atomic E-state index is 0.111. The highest BCUT2D eigenvalue weighted by molar-refractivity contribution is 7.14. The summed E-state index contributed by atoms with van der Waals surface area (Å²) < 4.78 is 4.65. The molecule has 0 amide bonds. The number of nitrogens with one attached hydrogen (secondary N) is 1. The van der Waals surface area contributed by atoms with E-state index in [2.05, 4.69) is 42.4 Å². The summed E-state index contributed by atoms with van der Waals surface area (Å²) in [4.78, 5) is 20.2. The van der Waals surface area contributed by atoms with Crippen molar-refractivity contribution in [3.05, 3.63) is 17.5 Å². The van der Waals surface area contributed by atoms with Gasteiger partial charge in [0.25, 0.3) is 0 Å². The number of hydrogen-bond acceptors (Lipinski definition) is 5. The number of anilines is 1. The smallest absolute Gasteiger partial charge is 0.305 e. The van der Waals surface area contributed by atoms with Crippen LogP contribution in [0.25, 0.3) is 0 Å². The zero-order valence-electron chi connectivity index (χ0n) is 15.4. The SMILES string of the molecule is CN=C(NCCCCCCC(=O)OC)N1CCN(c2cccs2)CC1. The van der Waals surface area contributed by atoms with Crippen LogP contribution in [-0.2, 0) is 9.53 Å². The number of carbonyl (C=O) groups is 1. The van der Waals surface area contributed by atoms with Gasteiger partial charge in [-0.25, -0.2) is 0 Å². The zero-order chi connectivity index (χ0) is 17.9. The van der Waals surface area contributed by atoms with Crippen LogP contribution in [0.3, 0.4) is 0 Å². The van der Waals surface area contributed by atoms with Crippen LogP contribution >= 0.6 is 11.3 Å². The van der Waals surface area contributed by atoms with Crippen molar-refractivity contribution in [2.45, 2.75) is 32.1 Å². The maximum absolute atomic E-state index is 11.0. The summed E-state index contributed by atoms with van der Waals surface area (Å²) in [5.41, 5.74) is 0. The number of thiophene rings is 1. The minimum atomic E-state index is -0.111. The Morgan fingerprint density at radius 2 is 2.00 bits per heavy atom. The lowest BCUT2D eigenvalue weighted by molar-refractivity contribution is -0.140. The molecule has 7 heteroatoms. The van der Waals surface area contributed by atoms with Gasteiger partial charge in [-0.1, -0.05) is 12.8 Å². The van der Waals surface area contributed by atoms with Crippen molar-refractivity contribution in [2.75, 3.05) is 51.8 Å². The lowest BCUT2D eigenvalue weighted by atomic mass is 10.1. The first kappa shape index (κ1) is 19.6. The maximum Gasteiger partial charge on any atom is 0.305 e. The Labute approximate surface area is 154 Å². The Kier molecular flexibility index (Phi) is 8.59. The molecule has 140 valence electrons.